The molecule has 1 heterocycles. The highest BCUT2D eigenvalue weighted by Gasteiger charge is 2.27. The average Bonchev–Trinajstić information content (AvgIpc) is 2.72. The Morgan fingerprint density at radius 2 is 2.26 bits per heavy atom. The first-order valence-corrected chi connectivity index (χ1v) is 6.35. The fourth-order valence-corrected chi connectivity index (χ4v) is 2.18. The Bertz CT molecular complexity index is 422. The number of carbonyl (C=O) groups excluding carboxylic acids is 1. The van der Waals surface area contributed by atoms with Gasteiger partial charge in [0.25, 0.3) is 0 Å². The summed E-state index contributed by atoms with van der Waals surface area (Å²) in [5, 5.41) is 2.17. The van der Waals surface area contributed by atoms with Crippen molar-refractivity contribution in [3.63, 3.8) is 0 Å². The van der Waals surface area contributed by atoms with Gasteiger partial charge in [-0.1, -0.05) is 0 Å². The van der Waals surface area contributed by atoms with E-state index in [4.69, 9.17) is 0 Å². The maximum atomic E-state index is 11.8. The number of hydrogen-bond acceptors (Lipinski definition) is 5. The Hall–Kier alpha value is -1.19. The second-order valence-electron chi connectivity index (χ2n) is 3.61. The van der Waals surface area contributed by atoms with E-state index in [1.54, 1.807) is 5.38 Å². The molecule has 1 amide bonds. The summed E-state index contributed by atoms with van der Waals surface area (Å²) in [6.07, 6.45) is -4.37. The molecule has 1 rings (SSSR count). The van der Waals surface area contributed by atoms with Crippen LogP contribution in [0.1, 0.15) is 19.5 Å². The number of carbonyl (C=O) groups is 1. The van der Waals surface area contributed by atoms with Gasteiger partial charge in [0.1, 0.15) is 0 Å². The van der Waals surface area contributed by atoms with Crippen molar-refractivity contribution in [2.75, 3.05) is 18.1 Å². The molecule has 1 aromatic rings. The molecule has 0 spiro atoms. The van der Waals surface area contributed by atoms with Crippen molar-refractivity contribution in [3.05, 3.63) is 11.1 Å². The second-order valence-corrected chi connectivity index (χ2v) is 4.45. The molecule has 0 saturated carbocycles. The minimum atomic E-state index is -4.37. The number of alkyl halides is 3. The van der Waals surface area contributed by atoms with Crippen LogP contribution in [0, 0.1) is 0 Å². The van der Waals surface area contributed by atoms with Gasteiger partial charge >= 0.3 is 6.18 Å². The summed E-state index contributed by atoms with van der Waals surface area (Å²) in [5.74, 6) is -0.135. The topological polar surface area (TPSA) is 54.5 Å². The molecule has 0 aliphatic rings. The van der Waals surface area contributed by atoms with Crippen molar-refractivity contribution in [3.8, 4) is 0 Å². The van der Waals surface area contributed by atoms with Crippen molar-refractivity contribution in [2.45, 2.75) is 26.6 Å². The maximum absolute atomic E-state index is 11.8. The molecule has 0 aromatic carbocycles. The molecule has 0 fully saturated rings. The molecule has 1 N–H and O–H groups in total. The van der Waals surface area contributed by atoms with Crippen molar-refractivity contribution in [1.29, 1.82) is 0 Å². The van der Waals surface area contributed by atoms with Gasteiger partial charge in [-0.05, 0) is 6.92 Å². The number of aromatic nitrogens is 1. The minimum Gasteiger partial charge on any atom is -0.292 e. The van der Waals surface area contributed by atoms with Crippen molar-refractivity contribution in [2.24, 2.45) is 0 Å². The van der Waals surface area contributed by atoms with Crippen molar-refractivity contribution in [1.82, 2.24) is 10.5 Å². The largest absolute Gasteiger partial charge is 0.413 e. The number of amides is 1. The standard InChI is InChI=1S/C10H14F3N3O2S/c1-3-16(7(2)17)9-15-8(5-19-9)4-14-18-6-10(11,12)13/h5,14H,3-4,6H2,1-2H3. The molecule has 108 valence electrons. The summed E-state index contributed by atoms with van der Waals surface area (Å²) in [6, 6.07) is 0. The Kier molecular flexibility index (Phi) is 5.70. The van der Waals surface area contributed by atoms with Crippen LogP contribution < -0.4 is 10.4 Å². The van der Waals surface area contributed by atoms with Crippen molar-refractivity contribution >= 4 is 22.4 Å². The number of nitrogens with zero attached hydrogens (tertiary/aromatic N) is 2. The third-order valence-electron chi connectivity index (χ3n) is 2.06. The van der Waals surface area contributed by atoms with E-state index in [0.717, 1.165) is 0 Å². The van der Waals surface area contributed by atoms with Crippen LogP contribution in [0.5, 0.6) is 0 Å². The van der Waals surface area contributed by atoms with Gasteiger partial charge in [-0.3, -0.25) is 14.5 Å². The average molecular weight is 297 g/mol. The van der Waals surface area contributed by atoms with Crippen molar-refractivity contribution < 1.29 is 22.8 Å². The molecule has 0 aliphatic heterocycles. The Labute approximate surface area is 112 Å². The predicted molar refractivity (Wildman–Crippen MR) is 64.7 cm³/mol. The lowest BCUT2D eigenvalue weighted by Crippen LogP contribution is -2.28. The zero-order chi connectivity index (χ0) is 14.5. The third kappa shape index (κ3) is 5.53. The van der Waals surface area contributed by atoms with Crippen LogP contribution in [0.25, 0.3) is 0 Å². The summed E-state index contributed by atoms with van der Waals surface area (Å²) in [4.78, 5) is 21.2. The van der Waals surface area contributed by atoms with E-state index < -0.39 is 12.8 Å². The first kappa shape index (κ1) is 15.9. The molecule has 0 aliphatic carbocycles. The Morgan fingerprint density at radius 1 is 1.58 bits per heavy atom. The van der Waals surface area contributed by atoms with Gasteiger partial charge in [0.15, 0.2) is 11.7 Å². The lowest BCUT2D eigenvalue weighted by atomic mass is 10.5. The normalized spacial score (nSPS) is 11.6. The van der Waals surface area contributed by atoms with E-state index in [0.29, 0.717) is 17.4 Å². The van der Waals surface area contributed by atoms with Gasteiger partial charge in [-0.2, -0.15) is 18.7 Å². The summed E-state index contributed by atoms with van der Waals surface area (Å²) < 4.78 is 35.4. The second kappa shape index (κ2) is 6.83. The van der Waals surface area contributed by atoms with E-state index in [1.807, 2.05) is 6.92 Å². The van der Waals surface area contributed by atoms with Crippen LogP contribution in [-0.4, -0.2) is 30.2 Å². The van der Waals surface area contributed by atoms with Gasteiger partial charge in [0, 0.05) is 18.8 Å². The van der Waals surface area contributed by atoms with Crippen LogP contribution in [-0.2, 0) is 16.2 Å². The van der Waals surface area contributed by atoms with Crippen LogP contribution in [0.4, 0.5) is 18.3 Å². The maximum Gasteiger partial charge on any atom is 0.413 e. The highest BCUT2D eigenvalue weighted by Crippen LogP contribution is 2.20. The number of halogens is 3. The quantitative estimate of drug-likeness (QED) is 0.645. The number of hydroxylamine groups is 1. The third-order valence-corrected chi connectivity index (χ3v) is 2.97. The van der Waals surface area contributed by atoms with Crippen LogP contribution in [0.2, 0.25) is 0 Å². The molecule has 1 aromatic heterocycles. The first-order chi connectivity index (χ1) is 8.83. The van der Waals surface area contributed by atoms with Crippen LogP contribution in [0.15, 0.2) is 5.38 Å². The molecule has 5 nitrogen and oxygen atoms in total. The zero-order valence-corrected chi connectivity index (χ0v) is 11.3. The minimum absolute atomic E-state index is 0.0437. The number of thiazole rings is 1. The molecule has 0 unspecified atom stereocenters. The number of nitrogens with one attached hydrogen (secondary N) is 1. The SMILES string of the molecule is CCN(C(C)=O)c1nc(CNOCC(F)(F)F)cs1. The van der Waals surface area contributed by atoms with Gasteiger partial charge in [0.2, 0.25) is 5.91 Å². The molecular formula is C10H14F3N3O2S. The van der Waals surface area contributed by atoms with E-state index in [2.05, 4.69) is 15.3 Å². The summed E-state index contributed by atoms with van der Waals surface area (Å²) in [7, 11) is 0. The first-order valence-electron chi connectivity index (χ1n) is 5.47. The van der Waals surface area contributed by atoms with E-state index in [1.165, 1.54) is 23.2 Å². The van der Waals surface area contributed by atoms with E-state index in [9.17, 15) is 18.0 Å². The predicted octanol–water partition coefficient (Wildman–Crippen LogP) is 2.10. The Balaban J connectivity index is 2.45. The van der Waals surface area contributed by atoms with Gasteiger partial charge in [0.05, 0.1) is 12.2 Å². The molecule has 19 heavy (non-hydrogen) atoms. The molecule has 9 heteroatoms. The highest BCUT2D eigenvalue weighted by atomic mass is 32.1. The number of anilines is 1. The Morgan fingerprint density at radius 3 is 2.79 bits per heavy atom. The summed E-state index contributed by atoms with van der Waals surface area (Å²) in [6.45, 7) is 2.41. The smallest absolute Gasteiger partial charge is 0.292 e. The molecule has 0 radical (unpaired) electrons. The monoisotopic (exact) mass is 297 g/mol. The van der Waals surface area contributed by atoms with Gasteiger partial charge in [-0.25, -0.2) is 4.98 Å². The lowest BCUT2D eigenvalue weighted by Gasteiger charge is -2.14. The fraction of sp³-hybridized carbons (Fsp3) is 0.600. The van der Waals surface area contributed by atoms with E-state index >= 15 is 0 Å². The number of rotatable bonds is 6. The summed E-state index contributed by atoms with van der Waals surface area (Å²) >= 11 is 1.25. The molecular weight excluding hydrogens is 283 g/mol. The van der Waals surface area contributed by atoms with Crippen LogP contribution in [0.3, 0.4) is 0 Å². The van der Waals surface area contributed by atoms with Gasteiger partial charge in [-0.15, -0.1) is 11.3 Å². The fourth-order valence-electron chi connectivity index (χ4n) is 1.25. The van der Waals surface area contributed by atoms with Gasteiger partial charge < -0.3 is 0 Å². The molecule has 0 saturated heterocycles. The zero-order valence-electron chi connectivity index (χ0n) is 10.5. The number of hydrogen-bond donors (Lipinski definition) is 1. The summed E-state index contributed by atoms with van der Waals surface area (Å²) in [5.41, 5.74) is 2.69. The van der Waals surface area contributed by atoms with Crippen LogP contribution >= 0.6 is 11.3 Å². The molecule has 0 atom stereocenters. The molecule has 0 bridgehead atoms. The highest BCUT2D eigenvalue weighted by molar-refractivity contribution is 7.14. The lowest BCUT2D eigenvalue weighted by molar-refractivity contribution is -0.190. The van der Waals surface area contributed by atoms with E-state index in [-0.39, 0.29) is 12.5 Å².